The van der Waals surface area contributed by atoms with Crippen LogP contribution in [0.2, 0.25) is 18.1 Å². The Kier molecular flexibility index (Phi) is 6.01. The van der Waals surface area contributed by atoms with Crippen LogP contribution in [0.5, 0.6) is 0 Å². The molecule has 0 radical (unpaired) electrons. The van der Waals surface area contributed by atoms with Gasteiger partial charge >= 0.3 is 5.97 Å². The molecule has 1 heterocycles. The zero-order chi connectivity index (χ0) is 17.0. The summed E-state index contributed by atoms with van der Waals surface area (Å²) in [6, 6.07) is 0. The van der Waals surface area contributed by atoms with Crippen molar-refractivity contribution in [1.29, 1.82) is 0 Å². The Hall–Kier alpha value is -1.54. The molecule has 124 valence electrons. The van der Waals surface area contributed by atoms with Crippen molar-refractivity contribution < 1.29 is 18.8 Å². The highest BCUT2D eigenvalue weighted by Gasteiger charge is 2.37. The van der Waals surface area contributed by atoms with Crippen LogP contribution in [0.3, 0.4) is 0 Å². The molecule has 0 unspecified atom stereocenters. The average molecular weight is 327 g/mol. The van der Waals surface area contributed by atoms with E-state index in [9.17, 15) is 10.0 Å². The summed E-state index contributed by atoms with van der Waals surface area (Å²) in [6.45, 7) is 13.1. The third-order valence-electron chi connectivity index (χ3n) is 3.91. The summed E-state index contributed by atoms with van der Waals surface area (Å²) in [5.41, 5.74) is 0.565. The molecule has 0 aliphatic rings. The Bertz CT molecular complexity index is 529. The molecular weight excluding hydrogens is 302 g/mol. The number of hydrogen-bond acceptors (Lipinski definition) is 6. The first-order valence-electron chi connectivity index (χ1n) is 7.35. The lowest BCUT2D eigenvalue weighted by Crippen LogP contribution is -2.41. The molecule has 7 nitrogen and oxygen atoms in total. The summed E-state index contributed by atoms with van der Waals surface area (Å²) in [6.07, 6.45) is 1.66. The maximum Gasteiger partial charge on any atom is 0.386 e. The predicted molar refractivity (Wildman–Crippen MR) is 83.8 cm³/mol. The van der Waals surface area contributed by atoms with Crippen LogP contribution in [-0.2, 0) is 15.6 Å². The number of hydrogen-bond donors (Lipinski definition) is 0. The fraction of sp³-hybridized carbons (Fsp3) is 0.714. The number of carbonyl (C=O) groups excluding carboxylic acids is 1. The molecule has 1 aromatic rings. The average Bonchev–Trinajstić information content (AvgIpc) is 2.37. The summed E-state index contributed by atoms with van der Waals surface area (Å²) in [5, 5.41) is 18.4. The molecule has 0 bridgehead atoms. The molecule has 1 rings (SSSR count). The van der Waals surface area contributed by atoms with E-state index < -0.39 is 14.3 Å². The summed E-state index contributed by atoms with van der Waals surface area (Å²) in [7, 11) is -1.87. The van der Waals surface area contributed by atoms with Gasteiger partial charge in [-0.25, -0.2) is 4.79 Å². The van der Waals surface area contributed by atoms with Gasteiger partial charge in [0.15, 0.2) is 8.32 Å². The number of ether oxygens (including phenoxy) is 1. The minimum absolute atomic E-state index is 0.0766. The lowest BCUT2D eigenvalue weighted by Gasteiger charge is -2.36. The maximum atomic E-state index is 11.8. The molecule has 0 N–H and O–H groups in total. The quantitative estimate of drug-likeness (QED) is 0.343. The normalized spacial score (nSPS) is 12.3. The SMILES string of the molecule is CCOC(=O)c1nn[n+]([O-])cc1CCO[Si](C)(C)C(C)(C)C. The molecule has 0 fully saturated rings. The molecule has 0 spiro atoms. The monoisotopic (exact) mass is 327 g/mol. The van der Waals surface area contributed by atoms with Crippen molar-refractivity contribution in [1.82, 2.24) is 10.3 Å². The van der Waals surface area contributed by atoms with Gasteiger partial charge in [0.2, 0.25) is 0 Å². The topological polar surface area (TPSA) is 88.2 Å². The number of nitrogens with zero attached hydrogens (tertiary/aromatic N) is 3. The van der Waals surface area contributed by atoms with E-state index >= 15 is 0 Å². The molecule has 8 heteroatoms. The molecule has 0 saturated heterocycles. The van der Waals surface area contributed by atoms with Crippen LogP contribution >= 0.6 is 0 Å². The zero-order valence-electron chi connectivity index (χ0n) is 14.2. The van der Waals surface area contributed by atoms with Gasteiger partial charge < -0.3 is 14.4 Å². The molecular formula is C14H25N3O4Si. The summed E-state index contributed by atoms with van der Waals surface area (Å²) in [5.74, 6) is -0.571. The molecule has 1 aromatic heterocycles. The number of esters is 1. The van der Waals surface area contributed by atoms with Gasteiger partial charge in [0.1, 0.15) is 11.4 Å². The minimum atomic E-state index is -1.87. The summed E-state index contributed by atoms with van der Waals surface area (Å²) < 4.78 is 11.0. The van der Waals surface area contributed by atoms with E-state index in [-0.39, 0.29) is 17.3 Å². The molecule has 0 saturated carbocycles. The van der Waals surface area contributed by atoms with Crippen molar-refractivity contribution in [2.24, 2.45) is 0 Å². The molecule has 0 aromatic carbocycles. The van der Waals surface area contributed by atoms with Crippen LogP contribution in [0, 0.1) is 5.21 Å². The Balaban J connectivity index is 2.81. The Morgan fingerprint density at radius 1 is 1.41 bits per heavy atom. The second-order valence-corrected chi connectivity index (χ2v) is 11.4. The first-order chi connectivity index (χ1) is 10.1. The van der Waals surface area contributed by atoms with Crippen molar-refractivity contribution >= 4 is 14.3 Å². The highest BCUT2D eigenvalue weighted by molar-refractivity contribution is 6.74. The predicted octanol–water partition coefficient (Wildman–Crippen LogP) is 1.85. The van der Waals surface area contributed by atoms with Gasteiger partial charge in [-0.2, -0.15) is 0 Å². The van der Waals surface area contributed by atoms with Crippen molar-refractivity contribution in [3.8, 4) is 0 Å². The van der Waals surface area contributed by atoms with E-state index in [0.717, 1.165) is 0 Å². The van der Waals surface area contributed by atoms with Gasteiger partial charge in [0.05, 0.1) is 17.3 Å². The van der Waals surface area contributed by atoms with Crippen molar-refractivity contribution in [3.63, 3.8) is 0 Å². The summed E-state index contributed by atoms with van der Waals surface area (Å²) in [4.78, 5) is 12.2. The minimum Gasteiger partial charge on any atom is -0.691 e. The molecule has 0 aliphatic carbocycles. The van der Waals surface area contributed by atoms with Crippen LogP contribution in [0.1, 0.15) is 43.7 Å². The van der Waals surface area contributed by atoms with Crippen LogP contribution in [-0.4, -0.2) is 37.8 Å². The second-order valence-electron chi connectivity index (χ2n) is 6.57. The van der Waals surface area contributed by atoms with Crippen molar-refractivity contribution in [2.75, 3.05) is 13.2 Å². The third kappa shape index (κ3) is 4.74. The van der Waals surface area contributed by atoms with Crippen LogP contribution in [0.4, 0.5) is 0 Å². The highest BCUT2D eigenvalue weighted by Crippen LogP contribution is 2.36. The Morgan fingerprint density at radius 2 is 2.05 bits per heavy atom. The second kappa shape index (κ2) is 7.15. The van der Waals surface area contributed by atoms with E-state index in [1.807, 2.05) is 0 Å². The van der Waals surface area contributed by atoms with Gasteiger partial charge in [-0.3, -0.25) is 0 Å². The molecule has 0 aliphatic heterocycles. The Morgan fingerprint density at radius 3 is 2.59 bits per heavy atom. The lowest BCUT2D eigenvalue weighted by atomic mass is 10.2. The van der Waals surface area contributed by atoms with Crippen LogP contribution in [0.15, 0.2) is 6.20 Å². The third-order valence-corrected chi connectivity index (χ3v) is 8.45. The van der Waals surface area contributed by atoms with Gasteiger partial charge in [-0.05, 0) is 25.1 Å². The molecule has 0 amide bonds. The summed E-state index contributed by atoms with van der Waals surface area (Å²) >= 11 is 0. The number of carbonyl (C=O) groups is 1. The maximum absolute atomic E-state index is 11.8. The van der Waals surface area contributed by atoms with E-state index in [2.05, 4.69) is 44.2 Å². The van der Waals surface area contributed by atoms with Crippen LogP contribution in [0.25, 0.3) is 0 Å². The molecule has 0 atom stereocenters. The van der Waals surface area contributed by atoms with Crippen molar-refractivity contribution in [2.45, 2.75) is 52.2 Å². The number of aromatic nitrogens is 3. The highest BCUT2D eigenvalue weighted by atomic mass is 28.4. The van der Waals surface area contributed by atoms with E-state index in [1.165, 1.54) is 6.20 Å². The fourth-order valence-electron chi connectivity index (χ4n) is 1.56. The lowest BCUT2D eigenvalue weighted by molar-refractivity contribution is -0.675. The van der Waals surface area contributed by atoms with E-state index in [0.29, 0.717) is 23.4 Å². The van der Waals surface area contributed by atoms with E-state index in [4.69, 9.17) is 9.16 Å². The van der Waals surface area contributed by atoms with Gasteiger partial charge in [0, 0.05) is 13.0 Å². The molecule has 22 heavy (non-hydrogen) atoms. The van der Waals surface area contributed by atoms with Crippen LogP contribution < -0.4 is 4.85 Å². The first kappa shape index (κ1) is 18.5. The zero-order valence-corrected chi connectivity index (χ0v) is 15.2. The van der Waals surface area contributed by atoms with Gasteiger partial charge in [0.25, 0.3) is 5.69 Å². The fourth-order valence-corrected chi connectivity index (χ4v) is 2.61. The largest absolute Gasteiger partial charge is 0.691 e. The standard InChI is InChI=1S/C14H25N3O4Si/c1-7-20-13(18)12-11(10-17(19)16-15-12)8-9-21-22(5,6)14(2,3)4/h10H,7-9H2,1-6H3. The van der Waals surface area contributed by atoms with E-state index in [1.54, 1.807) is 6.92 Å². The Labute approximate surface area is 132 Å². The van der Waals surface area contributed by atoms with Crippen molar-refractivity contribution in [3.05, 3.63) is 22.7 Å². The van der Waals surface area contributed by atoms with Gasteiger partial charge in [-0.1, -0.05) is 20.8 Å². The smallest absolute Gasteiger partial charge is 0.386 e. The number of rotatable bonds is 6. The van der Waals surface area contributed by atoms with Gasteiger partial charge in [-0.15, -0.1) is 4.85 Å². The first-order valence-corrected chi connectivity index (χ1v) is 10.3.